The highest BCUT2D eigenvalue weighted by Crippen LogP contribution is 2.12. The number of hydrogen-bond donors (Lipinski definition) is 1. The van der Waals surface area contributed by atoms with Gasteiger partial charge in [-0.25, -0.2) is 4.79 Å². The van der Waals surface area contributed by atoms with Crippen molar-refractivity contribution >= 4 is 28.9 Å². The Labute approximate surface area is 146 Å². The van der Waals surface area contributed by atoms with Gasteiger partial charge in [0.1, 0.15) is 0 Å². The van der Waals surface area contributed by atoms with E-state index in [0.29, 0.717) is 17.8 Å². The predicted octanol–water partition coefficient (Wildman–Crippen LogP) is 3.38. The fourth-order valence-corrected chi connectivity index (χ4v) is 2.83. The molecular weight excluding hydrogens is 324 g/mol. The van der Waals surface area contributed by atoms with Gasteiger partial charge in [-0.2, -0.15) is 11.3 Å². The molecule has 0 radical (unpaired) electrons. The summed E-state index contributed by atoms with van der Waals surface area (Å²) < 4.78 is 5.13. The maximum atomic E-state index is 12.1. The molecule has 1 amide bonds. The van der Waals surface area contributed by atoms with E-state index in [0.717, 1.165) is 6.54 Å². The first-order valence-corrected chi connectivity index (χ1v) is 8.69. The average Bonchev–Trinajstić information content (AvgIpc) is 2.99. The van der Waals surface area contributed by atoms with Crippen LogP contribution in [0.2, 0.25) is 0 Å². The smallest absolute Gasteiger partial charge is 0.338 e. The van der Waals surface area contributed by atoms with E-state index >= 15 is 0 Å². The van der Waals surface area contributed by atoms with Crippen LogP contribution in [0.1, 0.15) is 29.8 Å². The number of thiophene rings is 1. The number of hydrogen-bond acceptors (Lipinski definition) is 5. The van der Waals surface area contributed by atoms with Crippen molar-refractivity contribution in [3.8, 4) is 0 Å². The lowest BCUT2D eigenvalue weighted by molar-refractivity contribution is -0.117. The normalized spacial score (nSPS) is 10.9. The largest absolute Gasteiger partial charge is 0.459 e. The van der Waals surface area contributed by atoms with Crippen molar-refractivity contribution in [1.82, 2.24) is 4.90 Å². The Hall–Kier alpha value is -2.18. The number of nitrogens with zero attached hydrogens (tertiary/aromatic N) is 1. The molecule has 1 aromatic heterocycles. The fourth-order valence-electron chi connectivity index (χ4n) is 2.17. The summed E-state index contributed by atoms with van der Waals surface area (Å²) in [5.41, 5.74) is 2.32. The van der Waals surface area contributed by atoms with E-state index in [9.17, 15) is 9.59 Å². The third kappa shape index (κ3) is 5.79. The molecule has 6 heteroatoms. The summed E-state index contributed by atoms with van der Waals surface area (Å²) in [6.07, 6.45) is -0.157. The molecule has 0 saturated carbocycles. The lowest BCUT2D eigenvalue weighted by Gasteiger charge is -2.15. The molecule has 5 nitrogen and oxygen atoms in total. The first-order valence-electron chi connectivity index (χ1n) is 7.74. The maximum Gasteiger partial charge on any atom is 0.338 e. The summed E-state index contributed by atoms with van der Waals surface area (Å²) >= 11 is 1.65. The highest BCUT2D eigenvalue weighted by atomic mass is 32.1. The minimum Gasteiger partial charge on any atom is -0.459 e. The van der Waals surface area contributed by atoms with Crippen LogP contribution < -0.4 is 5.32 Å². The van der Waals surface area contributed by atoms with Gasteiger partial charge in [0, 0.05) is 12.2 Å². The Morgan fingerprint density at radius 2 is 1.92 bits per heavy atom. The van der Waals surface area contributed by atoms with Crippen LogP contribution in [0.25, 0.3) is 0 Å². The average molecular weight is 346 g/mol. The number of benzene rings is 1. The molecule has 1 N–H and O–H groups in total. The molecule has 0 bridgehead atoms. The first-order chi connectivity index (χ1) is 11.4. The molecule has 0 aliphatic carbocycles. The van der Waals surface area contributed by atoms with E-state index in [1.807, 2.05) is 23.4 Å². The topological polar surface area (TPSA) is 58.6 Å². The van der Waals surface area contributed by atoms with E-state index in [1.165, 1.54) is 5.56 Å². The van der Waals surface area contributed by atoms with E-state index in [2.05, 4.69) is 10.7 Å². The second-order valence-corrected chi connectivity index (χ2v) is 6.66. The molecule has 128 valence electrons. The second-order valence-electron chi connectivity index (χ2n) is 5.88. The van der Waals surface area contributed by atoms with Crippen LogP contribution in [-0.4, -0.2) is 36.5 Å². The van der Waals surface area contributed by atoms with Gasteiger partial charge in [-0.05, 0) is 67.6 Å². The van der Waals surface area contributed by atoms with E-state index in [-0.39, 0.29) is 18.0 Å². The van der Waals surface area contributed by atoms with Gasteiger partial charge in [0.2, 0.25) is 5.91 Å². The van der Waals surface area contributed by atoms with Crippen molar-refractivity contribution in [2.75, 3.05) is 18.9 Å². The number of anilines is 1. The van der Waals surface area contributed by atoms with Crippen LogP contribution >= 0.6 is 11.3 Å². The standard InChI is InChI=1S/C18H22N2O3S/c1-13(2)23-18(22)15-4-6-16(7-5-15)19-17(21)11-20(3)10-14-8-9-24-12-14/h4-9,12-13H,10-11H2,1-3H3,(H,19,21). The van der Waals surface area contributed by atoms with E-state index < -0.39 is 0 Å². The zero-order chi connectivity index (χ0) is 17.5. The lowest BCUT2D eigenvalue weighted by Crippen LogP contribution is -2.29. The van der Waals surface area contributed by atoms with Gasteiger partial charge in [0.15, 0.2) is 0 Å². The first kappa shape index (κ1) is 18.2. The Morgan fingerprint density at radius 1 is 1.21 bits per heavy atom. The minimum atomic E-state index is -0.363. The monoisotopic (exact) mass is 346 g/mol. The molecule has 2 aromatic rings. The van der Waals surface area contributed by atoms with Gasteiger partial charge in [0.05, 0.1) is 18.2 Å². The van der Waals surface area contributed by atoms with Crippen molar-refractivity contribution in [2.24, 2.45) is 0 Å². The second kappa shape index (κ2) is 8.61. The number of likely N-dealkylation sites (N-methyl/N-ethyl adjacent to an activating group) is 1. The molecule has 0 aliphatic rings. The Kier molecular flexibility index (Phi) is 6.52. The van der Waals surface area contributed by atoms with Gasteiger partial charge >= 0.3 is 5.97 Å². The number of nitrogens with one attached hydrogen (secondary N) is 1. The van der Waals surface area contributed by atoms with Crippen LogP contribution in [0.5, 0.6) is 0 Å². The molecule has 1 heterocycles. The summed E-state index contributed by atoms with van der Waals surface area (Å²) in [6.45, 7) is 4.64. The summed E-state index contributed by atoms with van der Waals surface area (Å²) in [5.74, 6) is -0.455. The molecule has 24 heavy (non-hydrogen) atoms. The van der Waals surface area contributed by atoms with Crippen molar-refractivity contribution in [3.63, 3.8) is 0 Å². The molecule has 0 spiro atoms. The quantitative estimate of drug-likeness (QED) is 0.781. The number of amides is 1. The number of ether oxygens (including phenoxy) is 1. The molecule has 2 rings (SSSR count). The van der Waals surface area contributed by atoms with Crippen molar-refractivity contribution < 1.29 is 14.3 Å². The van der Waals surface area contributed by atoms with Crippen molar-refractivity contribution in [2.45, 2.75) is 26.5 Å². The zero-order valence-electron chi connectivity index (χ0n) is 14.1. The number of esters is 1. The number of rotatable bonds is 7. The van der Waals surface area contributed by atoms with Crippen LogP contribution in [-0.2, 0) is 16.1 Å². The maximum absolute atomic E-state index is 12.1. The number of carbonyl (C=O) groups excluding carboxylic acids is 2. The van der Waals surface area contributed by atoms with Gasteiger partial charge in [-0.1, -0.05) is 0 Å². The SMILES string of the molecule is CC(C)OC(=O)c1ccc(NC(=O)CN(C)Cc2ccsc2)cc1. The fraction of sp³-hybridized carbons (Fsp3) is 0.333. The van der Waals surface area contributed by atoms with E-state index in [4.69, 9.17) is 4.74 Å². The van der Waals surface area contributed by atoms with Crippen LogP contribution in [0.4, 0.5) is 5.69 Å². The van der Waals surface area contributed by atoms with E-state index in [1.54, 1.807) is 49.4 Å². The van der Waals surface area contributed by atoms with Gasteiger partial charge in [0.25, 0.3) is 0 Å². The highest BCUT2D eigenvalue weighted by Gasteiger charge is 2.11. The van der Waals surface area contributed by atoms with Crippen LogP contribution in [0, 0.1) is 0 Å². The molecule has 1 aromatic carbocycles. The van der Waals surface area contributed by atoms with Gasteiger partial charge < -0.3 is 10.1 Å². The third-order valence-electron chi connectivity index (χ3n) is 3.19. The Bertz CT molecular complexity index is 666. The van der Waals surface area contributed by atoms with Crippen LogP contribution in [0.3, 0.4) is 0 Å². The summed E-state index contributed by atoms with van der Waals surface area (Å²) in [6, 6.07) is 8.75. The predicted molar refractivity (Wildman–Crippen MR) is 96.3 cm³/mol. The Balaban J connectivity index is 1.84. The number of carbonyl (C=O) groups is 2. The molecular formula is C18H22N2O3S. The van der Waals surface area contributed by atoms with Crippen molar-refractivity contribution in [1.29, 1.82) is 0 Å². The van der Waals surface area contributed by atoms with Gasteiger partial charge in [-0.3, -0.25) is 9.69 Å². The molecule has 0 saturated heterocycles. The molecule has 0 aliphatic heterocycles. The Morgan fingerprint density at radius 3 is 2.50 bits per heavy atom. The van der Waals surface area contributed by atoms with Crippen molar-refractivity contribution in [3.05, 3.63) is 52.2 Å². The van der Waals surface area contributed by atoms with Gasteiger partial charge in [-0.15, -0.1) is 0 Å². The summed E-state index contributed by atoms with van der Waals surface area (Å²) in [5, 5.41) is 6.92. The molecule has 0 fully saturated rings. The third-order valence-corrected chi connectivity index (χ3v) is 3.93. The minimum absolute atomic E-state index is 0.0924. The van der Waals surface area contributed by atoms with Crippen LogP contribution in [0.15, 0.2) is 41.1 Å². The molecule has 0 unspecified atom stereocenters. The lowest BCUT2D eigenvalue weighted by atomic mass is 10.2. The summed E-state index contributed by atoms with van der Waals surface area (Å²) in [7, 11) is 1.91. The molecule has 0 atom stereocenters. The zero-order valence-corrected chi connectivity index (χ0v) is 14.9. The summed E-state index contributed by atoms with van der Waals surface area (Å²) in [4.78, 5) is 25.8. The highest BCUT2D eigenvalue weighted by molar-refractivity contribution is 7.07.